The van der Waals surface area contributed by atoms with Crippen LogP contribution >= 0.6 is 12.6 Å². The summed E-state index contributed by atoms with van der Waals surface area (Å²) in [5, 5.41) is 0.00685. The Hall–Kier alpha value is -0.240. The molecule has 0 spiro atoms. The third-order valence-corrected chi connectivity index (χ3v) is 4.10. The van der Waals surface area contributed by atoms with Crippen molar-refractivity contribution >= 4 is 17.7 Å². The molecule has 0 N–H and O–H groups in total. The van der Waals surface area contributed by atoms with Gasteiger partial charge in [-0.05, 0) is 30.1 Å². The Labute approximate surface area is 85.0 Å². The smallest absolute Gasteiger partial charge is 0.189 e. The summed E-state index contributed by atoms with van der Waals surface area (Å²) in [4.78, 5) is 10.9. The highest BCUT2D eigenvalue weighted by Gasteiger charge is 2.50. The van der Waals surface area contributed by atoms with Crippen LogP contribution in [-0.2, 0) is 4.79 Å². The van der Waals surface area contributed by atoms with Crippen LogP contribution in [0.1, 0.15) is 33.1 Å². The second-order valence-electron chi connectivity index (χ2n) is 4.89. The SMILES string of the molecule is CC1(C)C2CC=C(CC(=O)S)C1C2. The zero-order valence-corrected chi connectivity index (χ0v) is 9.10. The van der Waals surface area contributed by atoms with Crippen LogP contribution in [-0.4, -0.2) is 5.12 Å². The standard InChI is InChI=1S/C11H16OS/c1-11(2)8-4-3-7(5-10(12)13)9(11)6-8/h3,8-9H,4-6H2,1-2H3,(H,12,13). The number of hydrogen-bond donors (Lipinski definition) is 1. The molecule has 13 heavy (non-hydrogen) atoms. The van der Waals surface area contributed by atoms with Gasteiger partial charge in [-0.25, -0.2) is 0 Å². The lowest BCUT2D eigenvalue weighted by Gasteiger charge is -2.56. The predicted octanol–water partition coefficient (Wildman–Crippen LogP) is 2.83. The molecule has 3 rings (SSSR count). The molecule has 0 amide bonds. The molecule has 2 atom stereocenters. The first kappa shape index (κ1) is 9.32. The molecule has 0 aliphatic heterocycles. The molecule has 72 valence electrons. The number of carbonyl (C=O) groups excluding carboxylic acids is 1. The van der Waals surface area contributed by atoms with Gasteiger partial charge in [-0.3, -0.25) is 4.79 Å². The van der Waals surface area contributed by atoms with Crippen molar-refractivity contribution in [1.82, 2.24) is 0 Å². The van der Waals surface area contributed by atoms with Gasteiger partial charge in [0, 0.05) is 6.42 Å². The molecule has 3 aliphatic rings. The van der Waals surface area contributed by atoms with Crippen LogP contribution in [0.15, 0.2) is 11.6 Å². The van der Waals surface area contributed by atoms with Crippen LogP contribution in [0.25, 0.3) is 0 Å². The van der Waals surface area contributed by atoms with E-state index in [4.69, 9.17) is 0 Å². The maximum atomic E-state index is 10.9. The van der Waals surface area contributed by atoms with Gasteiger partial charge >= 0.3 is 0 Å². The zero-order valence-electron chi connectivity index (χ0n) is 8.21. The maximum absolute atomic E-state index is 10.9. The number of rotatable bonds is 2. The highest BCUT2D eigenvalue weighted by atomic mass is 32.1. The molecule has 2 bridgehead atoms. The molecule has 0 saturated heterocycles. The van der Waals surface area contributed by atoms with Gasteiger partial charge in [0.2, 0.25) is 0 Å². The van der Waals surface area contributed by atoms with E-state index in [1.165, 1.54) is 18.4 Å². The van der Waals surface area contributed by atoms with E-state index in [2.05, 4.69) is 32.6 Å². The maximum Gasteiger partial charge on any atom is 0.189 e. The summed E-state index contributed by atoms with van der Waals surface area (Å²) in [6, 6.07) is 0. The van der Waals surface area contributed by atoms with Crippen molar-refractivity contribution in [3.05, 3.63) is 11.6 Å². The summed E-state index contributed by atoms with van der Waals surface area (Å²) in [6.07, 6.45) is 5.28. The van der Waals surface area contributed by atoms with Crippen molar-refractivity contribution in [1.29, 1.82) is 0 Å². The Morgan fingerprint density at radius 2 is 2.38 bits per heavy atom. The third kappa shape index (κ3) is 1.35. The van der Waals surface area contributed by atoms with Crippen LogP contribution in [0.4, 0.5) is 0 Å². The molecule has 0 aromatic rings. The van der Waals surface area contributed by atoms with Gasteiger partial charge in [0.1, 0.15) is 0 Å². The van der Waals surface area contributed by atoms with Crippen molar-refractivity contribution in [2.24, 2.45) is 17.3 Å². The van der Waals surface area contributed by atoms with Gasteiger partial charge in [0.25, 0.3) is 0 Å². The lowest BCUT2D eigenvalue weighted by atomic mass is 9.48. The third-order valence-electron chi connectivity index (χ3n) is 3.94. The second kappa shape index (κ2) is 2.88. The quantitative estimate of drug-likeness (QED) is 0.531. The van der Waals surface area contributed by atoms with E-state index in [1.54, 1.807) is 0 Å². The number of carbonyl (C=O) groups is 1. The Morgan fingerprint density at radius 1 is 1.69 bits per heavy atom. The lowest BCUT2D eigenvalue weighted by Crippen LogP contribution is -2.48. The summed E-state index contributed by atoms with van der Waals surface area (Å²) in [5.74, 6) is 1.51. The summed E-state index contributed by atoms with van der Waals surface area (Å²) < 4.78 is 0. The van der Waals surface area contributed by atoms with Gasteiger partial charge in [-0.15, -0.1) is 12.6 Å². The van der Waals surface area contributed by atoms with Gasteiger partial charge in [-0.1, -0.05) is 25.5 Å². The molecular formula is C11H16OS. The fourth-order valence-electron chi connectivity index (χ4n) is 2.85. The summed E-state index contributed by atoms with van der Waals surface area (Å²) in [7, 11) is 0. The molecule has 1 fully saturated rings. The van der Waals surface area contributed by atoms with E-state index in [1.807, 2.05) is 0 Å². The van der Waals surface area contributed by atoms with Crippen LogP contribution < -0.4 is 0 Å². The predicted molar refractivity (Wildman–Crippen MR) is 56.7 cm³/mol. The number of allylic oxidation sites excluding steroid dienone is 2. The van der Waals surface area contributed by atoms with E-state index in [9.17, 15) is 4.79 Å². The normalized spacial score (nSPS) is 34.8. The first-order chi connectivity index (χ1) is 6.01. The summed E-state index contributed by atoms with van der Waals surface area (Å²) >= 11 is 3.84. The van der Waals surface area contributed by atoms with E-state index in [0.29, 0.717) is 17.8 Å². The van der Waals surface area contributed by atoms with E-state index >= 15 is 0 Å². The minimum absolute atomic E-state index is 0.00685. The van der Waals surface area contributed by atoms with E-state index in [-0.39, 0.29) is 5.12 Å². The van der Waals surface area contributed by atoms with Crippen LogP contribution in [0, 0.1) is 17.3 Å². The van der Waals surface area contributed by atoms with Gasteiger partial charge < -0.3 is 0 Å². The molecule has 1 nitrogen and oxygen atoms in total. The monoisotopic (exact) mass is 196 g/mol. The van der Waals surface area contributed by atoms with E-state index in [0.717, 1.165) is 5.92 Å². The molecule has 0 aromatic carbocycles. The van der Waals surface area contributed by atoms with Crippen molar-refractivity contribution < 1.29 is 4.79 Å². The first-order valence-electron chi connectivity index (χ1n) is 4.92. The average molecular weight is 196 g/mol. The van der Waals surface area contributed by atoms with E-state index < -0.39 is 0 Å². The molecule has 3 aliphatic carbocycles. The Morgan fingerprint density at radius 3 is 2.85 bits per heavy atom. The van der Waals surface area contributed by atoms with Gasteiger partial charge in [0.05, 0.1) is 0 Å². The number of hydrogen-bond acceptors (Lipinski definition) is 1. The van der Waals surface area contributed by atoms with Gasteiger partial charge in [-0.2, -0.15) is 0 Å². The zero-order chi connectivity index (χ0) is 9.64. The average Bonchev–Trinajstić information content (AvgIpc) is 2.03. The van der Waals surface area contributed by atoms with Crippen LogP contribution in [0.2, 0.25) is 0 Å². The van der Waals surface area contributed by atoms with Crippen LogP contribution in [0.5, 0.6) is 0 Å². The molecule has 2 unspecified atom stereocenters. The summed E-state index contributed by atoms with van der Waals surface area (Å²) in [5.41, 5.74) is 1.78. The molecule has 0 aromatic heterocycles. The largest absolute Gasteiger partial charge is 0.287 e. The van der Waals surface area contributed by atoms with Crippen molar-refractivity contribution in [3.8, 4) is 0 Å². The Kier molecular flexibility index (Phi) is 2.06. The highest BCUT2D eigenvalue weighted by Crippen LogP contribution is 2.59. The highest BCUT2D eigenvalue weighted by molar-refractivity contribution is 7.96. The minimum Gasteiger partial charge on any atom is -0.287 e. The molecule has 0 heterocycles. The molecular weight excluding hydrogens is 180 g/mol. The van der Waals surface area contributed by atoms with Crippen molar-refractivity contribution in [2.45, 2.75) is 33.1 Å². The molecule has 2 heteroatoms. The number of thiol groups is 1. The Bertz CT molecular complexity index is 278. The lowest BCUT2D eigenvalue weighted by molar-refractivity contribution is -0.110. The van der Waals surface area contributed by atoms with Crippen molar-refractivity contribution in [2.75, 3.05) is 0 Å². The van der Waals surface area contributed by atoms with Crippen molar-refractivity contribution in [3.63, 3.8) is 0 Å². The molecule has 0 radical (unpaired) electrons. The van der Waals surface area contributed by atoms with Gasteiger partial charge in [0.15, 0.2) is 5.12 Å². The minimum atomic E-state index is 0.00685. The topological polar surface area (TPSA) is 17.1 Å². The number of fused-ring (bicyclic) bond motifs is 1. The first-order valence-corrected chi connectivity index (χ1v) is 5.37. The fourth-order valence-corrected chi connectivity index (χ4v) is 3.03. The van der Waals surface area contributed by atoms with Crippen LogP contribution in [0.3, 0.4) is 0 Å². The fraction of sp³-hybridized carbons (Fsp3) is 0.727. The molecule has 1 saturated carbocycles. The summed E-state index contributed by atoms with van der Waals surface area (Å²) in [6.45, 7) is 4.64. The Balaban J connectivity index is 2.14. The second-order valence-corrected chi connectivity index (χ2v) is 5.39.